The smallest absolute Gasteiger partial charge is 0.125 e. The number of nitrogens with two attached hydrogens (primary N) is 1. The summed E-state index contributed by atoms with van der Waals surface area (Å²) in [6.07, 6.45) is 7.76. The molecule has 1 aromatic rings. The Bertz CT molecular complexity index is 359. The summed E-state index contributed by atoms with van der Waals surface area (Å²) in [6, 6.07) is 6.92. The highest BCUT2D eigenvalue weighted by atomic mass is 19.1. The molecule has 3 heteroatoms. The Morgan fingerprint density at radius 3 is 2.56 bits per heavy atom. The number of anilines is 1. The van der Waals surface area contributed by atoms with E-state index in [1.54, 1.807) is 12.1 Å². The van der Waals surface area contributed by atoms with Gasteiger partial charge in [0.25, 0.3) is 0 Å². The first-order valence-electron chi connectivity index (χ1n) is 7.02. The van der Waals surface area contributed by atoms with E-state index in [9.17, 15) is 4.39 Å². The summed E-state index contributed by atoms with van der Waals surface area (Å²) in [4.78, 5) is 0. The first kappa shape index (κ1) is 13.3. The maximum Gasteiger partial charge on any atom is 0.125 e. The minimum absolute atomic E-state index is 0.198. The zero-order valence-electron chi connectivity index (χ0n) is 10.9. The van der Waals surface area contributed by atoms with Crippen molar-refractivity contribution in [1.29, 1.82) is 0 Å². The first-order valence-corrected chi connectivity index (χ1v) is 7.02. The molecule has 1 saturated carbocycles. The molecule has 1 fully saturated rings. The van der Waals surface area contributed by atoms with Crippen LogP contribution in [0.25, 0.3) is 0 Å². The van der Waals surface area contributed by atoms with Gasteiger partial charge >= 0.3 is 0 Å². The van der Waals surface area contributed by atoms with Gasteiger partial charge in [0.05, 0.1) is 0 Å². The van der Waals surface area contributed by atoms with E-state index in [1.807, 2.05) is 6.07 Å². The van der Waals surface area contributed by atoms with Gasteiger partial charge in [0, 0.05) is 18.3 Å². The molecule has 100 valence electrons. The van der Waals surface area contributed by atoms with Crippen molar-refractivity contribution in [3.05, 3.63) is 30.1 Å². The molecule has 1 aliphatic carbocycles. The van der Waals surface area contributed by atoms with Gasteiger partial charge in [0.15, 0.2) is 0 Å². The van der Waals surface area contributed by atoms with Crippen LogP contribution in [0.1, 0.15) is 38.5 Å². The monoisotopic (exact) mass is 250 g/mol. The Kier molecular flexibility index (Phi) is 5.00. The SMILES string of the molecule is NCC(Nc1cccc(F)c1)C1CCCCCC1. The molecule has 0 heterocycles. The number of benzene rings is 1. The van der Waals surface area contributed by atoms with E-state index in [0.29, 0.717) is 12.5 Å². The maximum absolute atomic E-state index is 13.2. The highest BCUT2D eigenvalue weighted by Crippen LogP contribution is 2.27. The second kappa shape index (κ2) is 6.74. The number of rotatable bonds is 4. The molecule has 0 bridgehead atoms. The van der Waals surface area contributed by atoms with Crippen LogP contribution < -0.4 is 11.1 Å². The van der Waals surface area contributed by atoms with E-state index in [0.717, 1.165) is 5.69 Å². The molecule has 0 amide bonds. The lowest BCUT2D eigenvalue weighted by Crippen LogP contribution is -2.36. The zero-order chi connectivity index (χ0) is 12.8. The standard InChI is InChI=1S/C15H23FN2/c16-13-8-5-9-14(10-13)18-15(11-17)12-6-3-1-2-4-7-12/h5,8-10,12,15,18H,1-4,6-7,11,17H2. The van der Waals surface area contributed by atoms with Gasteiger partial charge in [-0.2, -0.15) is 0 Å². The Hall–Kier alpha value is -1.09. The topological polar surface area (TPSA) is 38.0 Å². The van der Waals surface area contributed by atoms with Crippen LogP contribution in [0.2, 0.25) is 0 Å². The lowest BCUT2D eigenvalue weighted by atomic mass is 9.91. The predicted octanol–water partition coefficient (Wildman–Crippen LogP) is 3.54. The molecule has 0 spiro atoms. The molecule has 0 saturated heterocycles. The van der Waals surface area contributed by atoms with Crippen molar-refractivity contribution in [2.24, 2.45) is 11.7 Å². The minimum atomic E-state index is -0.198. The average molecular weight is 250 g/mol. The average Bonchev–Trinajstić information content (AvgIpc) is 2.65. The molecule has 2 rings (SSSR count). The van der Waals surface area contributed by atoms with Crippen LogP contribution in [0.3, 0.4) is 0 Å². The van der Waals surface area contributed by atoms with Gasteiger partial charge in [-0.25, -0.2) is 4.39 Å². The van der Waals surface area contributed by atoms with Crippen LogP contribution in [0.15, 0.2) is 24.3 Å². The van der Waals surface area contributed by atoms with Crippen LogP contribution >= 0.6 is 0 Å². The van der Waals surface area contributed by atoms with Gasteiger partial charge in [-0.15, -0.1) is 0 Å². The van der Waals surface area contributed by atoms with Crippen LogP contribution in [-0.4, -0.2) is 12.6 Å². The van der Waals surface area contributed by atoms with Crippen LogP contribution in [0.4, 0.5) is 10.1 Å². The predicted molar refractivity (Wildman–Crippen MR) is 74.1 cm³/mol. The van der Waals surface area contributed by atoms with Crippen LogP contribution in [0.5, 0.6) is 0 Å². The summed E-state index contributed by atoms with van der Waals surface area (Å²) >= 11 is 0. The summed E-state index contributed by atoms with van der Waals surface area (Å²) in [7, 11) is 0. The molecule has 1 aromatic carbocycles. The molecule has 1 unspecified atom stereocenters. The molecule has 1 aliphatic rings. The third-order valence-corrected chi connectivity index (χ3v) is 3.90. The van der Waals surface area contributed by atoms with Gasteiger partial charge in [0.1, 0.15) is 5.82 Å². The second-order valence-corrected chi connectivity index (χ2v) is 5.25. The summed E-state index contributed by atoms with van der Waals surface area (Å²) in [5, 5.41) is 3.40. The Morgan fingerprint density at radius 1 is 1.22 bits per heavy atom. The Morgan fingerprint density at radius 2 is 1.94 bits per heavy atom. The number of nitrogens with one attached hydrogen (secondary N) is 1. The second-order valence-electron chi connectivity index (χ2n) is 5.25. The summed E-state index contributed by atoms with van der Waals surface area (Å²) in [5.41, 5.74) is 6.73. The van der Waals surface area contributed by atoms with Gasteiger partial charge < -0.3 is 11.1 Å². The summed E-state index contributed by atoms with van der Waals surface area (Å²) < 4.78 is 13.2. The van der Waals surface area contributed by atoms with Crippen LogP contribution in [0, 0.1) is 11.7 Å². The quantitative estimate of drug-likeness (QED) is 0.802. The Labute approximate surface area is 109 Å². The van der Waals surface area contributed by atoms with Crippen molar-refractivity contribution >= 4 is 5.69 Å². The minimum Gasteiger partial charge on any atom is -0.381 e. The number of halogens is 1. The van der Waals surface area contributed by atoms with E-state index in [4.69, 9.17) is 5.73 Å². The fourth-order valence-corrected chi connectivity index (χ4v) is 2.87. The van der Waals surface area contributed by atoms with Crippen molar-refractivity contribution in [3.63, 3.8) is 0 Å². The molecule has 0 aromatic heterocycles. The zero-order valence-corrected chi connectivity index (χ0v) is 10.9. The molecule has 3 N–H and O–H groups in total. The molecular weight excluding hydrogens is 227 g/mol. The molecule has 0 radical (unpaired) electrons. The molecule has 2 nitrogen and oxygen atoms in total. The van der Waals surface area contributed by atoms with Crippen molar-refractivity contribution in [2.45, 2.75) is 44.6 Å². The third kappa shape index (κ3) is 3.70. The van der Waals surface area contributed by atoms with Crippen molar-refractivity contribution in [2.75, 3.05) is 11.9 Å². The molecule has 1 atom stereocenters. The van der Waals surface area contributed by atoms with E-state index in [1.165, 1.54) is 44.6 Å². The van der Waals surface area contributed by atoms with Gasteiger partial charge in [-0.3, -0.25) is 0 Å². The van der Waals surface area contributed by atoms with Crippen molar-refractivity contribution < 1.29 is 4.39 Å². The molecule has 0 aliphatic heterocycles. The van der Waals surface area contributed by atoms with E-state index >= 15 is 0 Å². The van der Waals surface area contributed by atoms with Crippen molar-refractivity contribution in [3.8, 4) is 0 Å². The fourth-order valence-electron chi connectivity index (χ4n) is 2.87. The van der Waals surface area contributed by atoms with E-state index in [2.05, 4.69) is 5.32 Å². The number of hydrogen-bond donors (Lipinski definition) is 2. The lowest BCUT2D eigenvalue weighted by molar-refractivity contribution is 0.398. The fraction of sp³-hybridized carbons (Fsp3) is 0.600. The third-order valence-electron chi connectivity index (χ3n) is 3.90. The van der Waals surface area contributed by atoms with E-state index < -0.39 is 0 Å². The van der Waals surface area contributed by atoms with Gasteiger partial charge in [0.2, 0.25) is 0 Å². The summed E-state index contributed by atoms with van der Waals surface area (Å²) in [6.45, 7) is 0.612. The van der Waals surface area contributed by atoms with Gasteiger partial charge in [-0.1, -0.05) is 31.7 Å². The Balaban J connectivity index is 1.99. The highest BCUT2D eigenvalue weighted by molar-refractivity contribution is 5.44. The lowest BCUT2D eigenvalue weighted by Gasteiger charge is -2.27. The van der Waals surface area contributed by atoms with E-state index in [-0.39, 0.29) is 11.9 Å². The molecule has 18 heavy (non-hydrogen) atoms. The maximum atomic E-state index is 13.2. The largest absolute Gasteiger partial charge is 0.381 e. The summed E-state index contributed by atoms with van der Waals surface area (Å²) in [5.74, 6) is 0.428. The molecular formula is C15H23FN2. The first-order chi connectivity index (χ1) is 8.79. The number of hydrogen-bond acceptors (Lipinski definition) is 2. The van der Waals surface area contributed by atoms with Crippen LogP contribution in [-0.2, 0) is 0 Å². The van der Waals surface area contributed by atoms with Crippen molar-refractivity contribution in [1.82, 2.24) is 0 Å². The normalized spacial score (nSPS) is 19.2. The highest BCUT2D eigenvalue weighted by Gasteiger charge is 2.21. The van der Waals surface area contributed by atoms with Gasteiger partial charge in [-0.05, 0) is 37.0 Å².